The summed E-state index contributed by atoms with van der Waals surface area (Å²) in [6.07, 6.45) is 4.08. The molecule has 1 aromatic carbocycles. The number of benzene rings is 1. The number of carbonyl (C=O) groups excluding carboxylic acids is 2. The monoisotopic (exact) mass is 339 g/mol. The van der Waals surface area contributed by atoms with Crippen LogP contribution in [0.15, 0.2) is 30.6 Å². The zero-order valence-corrected chi connectivity index (χ0v) is 15.1. The zero-order chi connectivity index (χ0) is 18.0. The SMILES string of the molecule is Cc1cc(C)c(C(=O)N2CCN(C(=O)Cc3cc[nH]c3)CC2)c(C)c1. The van der Waals surface area contributed by atoms with Crippen molar-refractivity contribution in [2.24, 2.45) is 0 Å². The Balaban J connectivity index is 1.62. The van der Waals surface area contributed by atoms with E-state index in [1.165, 1.54) is 5.56 Å². The fraction of sp³-hybridized carbons (Fsp3) is 0.400. The number of nitrogens with zero attached hydrogens (tertiary/aromatic N) is 2. The van der Waals surface area contributed by atoms with Crippen LogP contribution in [0.2, 0.25) is 0 Å². The van der Waals surface area contributed by atoms with Crippen molar-refractivity contribution in [1.29, 1.82) is 0 Å². The van der Waals surface area contributed by atoms with Gasteiger partial charge in [-0.3, -0.25) is 9.59 Å². The first kappa shape index (κ1) is 17.3. The number of amides is 2. The van der Waals surface area contributed by atoms with Crippen LogP contribution in [0, 0.1) is 20.8 Å². The Kier molecular flexibility index (Phi) is 4.93. The number of aromatic nitrogens is 1. The standard InChI is InChI=1S/C20H25N3O2/c1-14-10-15(2)19(16(3)11-14)20(25)23-8-6-22(7-9-23)18(24)12-17-4-5-21-13-17/h4-5,10-11,13,21H,6-9,12H2,1-3H3. The Bertz CT molecular complexity index is 749. The van der Waals surface area contributed by atoms with Gasteiger partial charge in [0.15, 0.2) is 0 Å². The van der Waals surface area contributed by atoms with E-state index in [0.29, 0.717) is 32.6 Å². The second-order valence-corrected chi connectivity index (χ2v) is 6.84. The van der Waals surface area contributed by atoms with Crippen molar-refractivity contribution in [3.05, 3.63) is 58.4 Å². The van der Waals surface area contributed by atoms with Gasteiger partial charge in [-0.2, -0.15) is 0 Å². The first-order valence-corrected chi connectivity index (χ1v) is 8.72. The van der Waals surface area contributed by atoms with E-state index in [0.717, 1.165) is 22.3 Å². The largest absolute Gasteiger partial charge is 0.367 e. The smallest absolute Gasteiger partial charge is 0.254 e. The van der Waals surface area contributed by atoms with E-state index in [1.807, 2.05) is 49.0 Å². The van der Waals surface area contributed by atoms with Crippen molar-refractivity contribution in [3.63, 3.8) is 0 Å². The molecule has 0 bridgehead atoms. The number of rotatable bonds is 3. The van der Waals surface area contributed by atoms with Gasteiger partial charge in [0.05, 0.1) is 6.42 Å². The summed E-state index contributed by atoms with van der Waals surface area (Å²) in [5.74, 6) is 0.196. The molecule has 2 aromatic rings. The lowest BCUT2D eigenvalue weighted by Gasteiger charge is -2.35. The minimum absolute atomic E-state index is 0.0766. The third-order valence-electron chi connectivity index (χ3n) is 4.83. The number of piperazine rings is 1. The highest BCUT2D eigenvalue weighted by atomic mass is 16.2. The van der Waals surface area contributed by atoms with Crippen LogP contribution in [-0.4, -0.2) is 52.8 Å². The van der Waals surface area contributed by atoms with Gasteiger partial charge in [-0.15, -0.1) is 0 Å². The molecule has 3 rings (SSSR count). The third-order valence-corrected chi connectivity index (χ3v) is 4.83. The molecule has 5 heteroatoms. The van der Waals surface area contributed by atoms with E-state index in [-0.39, 0.29) is 11.8 Å². The van der Waals surface area contributed by atoms with Crippen LogP contribution in [0.4, 0.5) is 0 Å². The van der Waals surface area contributed by atoms with Crippen LogP contribution in [-0.2, 0) is 11.2 Å². The molecule has 0 unspecified atom stereocenters. The topological polar surface area (TPSA) is 56.4 Å². The molecule has 1 saturated heterocycles. The Hall–Kier alpha value is -2.56. The molecule has 0 saturated carbocycles. The third kappa shape index (κ3) is 3.76. The highest BCUT2D eigenvalue weighted by Crippen LogP contribution is 2.19. The number of carbonyl (C=O) groups is 2. The molecular weight excluding hydrogens is 314 g/mol. The molecule has 0 radical (unpaired) electrons. The van der Waals surface area contributed by atoms with E-state index in [4.69, 9.17) is 0 Å². The van der Waals surface area contributed by atoms with Gasteiger partial charge in [-0.05, 0) is 43.5 Å². The van der Waals surface area contributed by atoms with Gasteiger partial charge >= 0.3 is 0 Å². The molecule has 1 N–H and O–H groups in total. The van der Waals surface area contributed by atoms with E-state index in [2.05, 4.69) is 17.1 Å². The average molecular weight is 339 g/mol. The number of aromatic amines is 1. The van der Waals surface area contributed by atoms with Crippen molar-refractivity contribution in [1.82, 2.24) is 14.8 Å². The van der Waals surface area contributed by atoms with E-state index in [1.54, 1.807) is 0 Å². The Morgan fingerprint density at radius 3 is 2.16 bits per heavy atom. The van der Waals surface area contributed by atoms with Gasteiger partial charge in [0.2, 0.25) is 5.91 Å². The Morgan fingerprint density at radius 1 is 1.00 bits per heavy atom. The molecule has 0 atom stereocenters. The molecule has 1 aliphatic rings. The molecule has 1 aliphatic heterocycles. The number of hydrogen-bond acceptors (Lipinski definition) is 2. The molecule has 5 nitrogen and oxygen atoms in total. The molecule has 1 aromatic heterocycles. The van der Waals surface area contributed by atoms with E-state index < -0.39 is 0 Å². The lowest BCUT2D eigenvalue weighted by Crippen LogP contribution is -2.51. The molecule has 25 heavy (non-hydrogen) atoms. The highest BCUT2D eigenvalue weighted by molar-refractivity contribution is 5.97. The zero-order valence-electron chi connectivity index (χ0n) is 15.1. The lowest BCUT2D eigenvalue weighted by atomic mass is 9.98. The molecule has 132 valence electrons. The predicted octanol–water partition coefficient (Wildman–Crippen LogP) is 2.47. The first-order valence-electron chi connectivity index (χ1n) is 8.72. The van der Waals surface area contributed by atoms with Crippen molar-refractivity contribution < 1.29 is 9.59 Å². The van der Waals surface area contributed by atoms with Crippen molar-refractivity contribution in [2.45, 2.75) is 27.2 Å². The second-order valence-electron chi connectivity index (χ2n) is 6.84. The normalized spacial score (nSPS) is 14.7. The van der Waals surface area contributed by atoms with Crippen molar-refractivity contribution in [2.75, 3.05) is 26.2 Å². The molecule has 0 spiro atoms. The fourth-order valence-corrected chi connectivity index (χ4v) is 3.59. The van der Waals surface area contributed by atoms with Crippen LogP contribution in [0.1, 0.15) is 32.6 Å². The van der Waals surface area contributed by atoms with Crippen LogP contribution < -0.4 is 0 Å². The van der Waals surface area contributed by atoms with Gasteiger partial charge in [-0.1, -0.05) is 17.7 Å². The molecular formula is C20H25N3O2. The summed E-state index contributed by atoms with van der Waals surface area (Å²) in [7, 11) is 0. The van der Waals surface area contributed by atoms with Gasteiger partial charge in [0, 0.05) is 44.1 Å². The molecule has 1 fully saturated rings. The van der Waals surface area contributed by atoms with Gasteiger partial charge < -0.3 is 14.8 Å². The summed E-state index contributed by atoms with van der Waals surface area (Å²) in [4.78, 5) is 32.0. The number of H-pyrrole nitrogens is 1. The maximum Gasteiger partial charge on any atom is 0.254 e. The quantitative estimate of drug-likeness (QED) is 0.934. The summed E-state index contributed by atoms with van der Waals surface area (Å²) in [6.45, 7) is 8.39. The first-order chi connectivity index (χ1) is 12.0. The summed E-state index contributed by atoms with van der Waals surface area (Å²) in [5, 5.41) is 0. The number of aryl methyl sites for hydroxylation is 3. The summed E-state index contributed by atoms with van der Waals surface area (Å²) < 4.78 is 0. The molecule has 0 aliphatic carbocycles. The minimum Gasteiger partial charge on any atom is -0.367 e. The van der Waals surface area contributed by atoms with Crippen molar-refractivity contribution >= 4 is 11.8 Å². The maximum absolute atomic E-state index is 12.9. The average Bonchev–Trinajstić information content (AvgIpc) is 3.07. The van der Waals surface area contributed by atoms with Gasteiger partial charge in [-0.25, -0.2) is 0 Å². The van der Waals surface area contributed by atoms with Crippen LogP contribution in [0.3, 0.4) is 0 Å². The Morgan fingerprint density at radius 2 is 1.60 bits per heavy atom. The van der Waals surface area contributed by atoms with E-state index in [9.17, 15) is 9.59 Å². The van der Waals surface area contributed by atoms with Crippen molar-refractivity contribution in [3.8, 4) is 0 Å². The van der Waals surface area contributed by atoms with E-state index >= 15 is 0 Å². The molecule has 2 amide bonds. The second kappa shape index (κ2) is 7.13. The highest BCUT2D eigenvalue weighted by Gasteiger charge is 2.26. The molecule has 2 heterocycles. The van der Waals surface area contributed by atoms with Crippen LogP contribution in [0.25, 0.3) is 0 Å². The summed E-state index contributed by atoms with van der Waals surface area (Å²) >= 11 is 0. The number of nitrogens with one attached hydrogen (secondary N) is 1. The summed E-state index contributed by atoms with van der Waals surface area (Å²) in [5.41, 5.74) is 5.01. The minimum atomic E-state index is 0.0766. The lowest BCUT2D eigenvalue weighted by molar-refractivity contribution is -0.131. The fourth-order valence-electron chi connectivity index (χ4n) is 3.59. The van der Waals surface area contributed by atoms with Crippen LogP contribution >= 0.6 is 0 Å². The summed E-state index contributed by atoms with van der Waals surface area (Å²) in [6, 6.07) is 6.02. The maximum atomic E-state index is 12.9. The predicted molar refractivity (Wildman–Crippen MR) is 97.6 cm³/mol. The van der Waals surface area contributed by atoms with Gasteiger partial charge in [0.1, 0.15) is 0 Å². The van der Waals surface area contributed by atoms with Gasteiger partial charge in [0.25, 0.3) is 5.91 Å². The Labute approximate surface area is 148 Å². The number of hydrogen-bond donors (Lipinski definition) is 1. The van der Waals surface area contributed by atoms with Crippen LogP contribution in [0.5, 0.6) is 0 Å².